The van der Waals surface area contributed by atoms with Gasteiger partial charge in [-0.15, -0.1) is 0 Å². The van der Waals surface area contributed by atoms with Crippen LogP contribution in [0.1, 0.15) is 16.2 Å². The smallest absolute Gasteiger partial charge is 0.271 e. The van der Waals surface area contributed by atoms with E-state index in [1.54, 1.807) is 0 Å². The standard InChI is InChI=1S/C14H12BrN5O2/c15-9-1-3-12-17-10(8-20(12)7-9)5-6-16-14(22)11-2-4-13(21)19-18-11/h1-4,7-8H,5-6H2,(H,16,22)(H,19,21). The molecule has 0 aliphatic carbocycles. The minimum atomic E-state index is -0.340. The predicted molar refractivity (Wildman–Crippen MR) is 83.8 cm³/mol. The minimum absolute atomic E-state index is 0.179. The van der Waals surface area contributed by atoms with E-state index in [4.69, 9.17) is 0 Å². The fraction of sp³-hybridized carbons (Fsp3) is 0.143. The van der Waals surface area contributed by atoms with Crippen LogP contribution in [0.2, 0.25) is 0 Å². The summed E-state index contributed by atoms with van der Waals surface area (Å²) in [4.78, 5) is 27.2. The van der Waals surface area contributed by atoms with Crippen molar-refractivity contribution in [1.29, 1.82) is 0 Å². The molecule has 0 saturated heterocycles. The van der Waals surface area contributed by atoms with Crippen LogP contribution in [0.15, 0.2) is 45.9 Å². The van der Waals surface area contributed by atoms with E-state index < -0.39 is 0 Å². The van der Waals surface area contributed by atoms with Gasteiger partial charge in [-0.25, -0.2) is 10.1 Å². The maximum absolute atomic E-state index is 11.8. The maximum Gasteiger partial charge on any atom is 0.271 e. The predicted octanol–water partition coefficient (Wildman–Crippen LogP) is 1.15. The van der Waals surface area contributed by atoms with Crippen molar-refractivity contribution >= 4 is 27.5 Å². The van der Waals surface area contributed by atoms with Crippen LogP contribution in [0.3, 0.4) is 0 Å². The molecule has 0 atom stereocenters. The zero-order valence-corrected chi connectivity index (χ0v) is 13.0. The highest BCUT2D eigenvalue weighted by Gasteiger charge is 2.07. The molecule has 7 nitrogen and oxygen atoms in total. The molecule has 3 aromatic heterocycles. The first kappa shape index (κ1) is 14.5. The molecule has 2 N–H and O–H groups in total. The summed E-state index contributed by atoms with van der Waals surface area (Å²) in [6.07, 6.45) is 4.45. The van der Waals surface area contributed by atoms with Crippen LogP contribution >= 0.6 is 15.9 Å². The Hall–Kier alpha value is -2.48. The summed E-state index contributed by atoms with van der Waals surface area (Å²) < 4.78 is 2.89. The highest BCUT2D eigenvalue weighted by Crippen LogP contribution is 2.12. The van der Waals surface area contributed by atoms with Crippen molar-refractivity contribution in [2.24, 2.45) is 0 Å². The molecule has 0 aliphatic rings. The Kier molecular flexibility index (Phi) is 4.01. The topological polar surface area (TPSA) is 92.2 Å². The lowest BCUT2D eigenvalue weighted by Gasteiger charge is -2.02. The number of fused-ring (bicyclic) bond motifs is 1. The van der Waals surface area contributed by atoms with Crippen LogP contribution < -0.4 is 10.9 Å². The molecule has 0 bridgehead atoms. The zero-order chi connectivity index (χ0) is 15.5. The molecule has 8 heteroatoms. The molecular formula is C14H12BrN5O2. The highest BCUT2D eigenvalue weighted by molar-refractivity contribution is 9.10. The summed E-state index contributed by atoms with van der Waals surface area (Å²) >= 11 is 3.41. The third-order valence-corrected chi connectivity index (χ3v) is 3.51. The van der Waals surface area contributed by atoms with Gasteiger partial charge in [0.1, 0.15) is 11.3 Å². The number of carbonyl (C=O) groups is 1. The number of hydrogen-bond acceptors (Lipinski definition) is 4. The number of amides is 1. The average Bonchev–Trinajstić information content (AvgIpc) is 2.89. The quantitative estimate of drug-likeness (QED) is 0.729. The van der Waals surface area contributed by atoms with Gasteiger partial charge >= 0.3 is 0 Å². The third-order valence-electron chi connectivity index (χ3n) is 3.04. The van der Waals surface area contributed by atoms with Crippen molar-refractivity contribution in [3.8, 4) is 0 Å². The number of pyridine rings is 1. The van der Waals surface area contributed by atoms with Gasteiger partial charge in [-0.1, -0.05) is 0 Å². The van der Waals surface area contributed by atoms with E-state index in [1.807, 2.05) is 28.9 Å². The van der Waals surface area contributed by atoms with Gasteiger partial charge in [0.25, 0.3) is 11.5 Å². The van der Waals surface area contributed by atoms with Crippen LogP contribution in [0.5, 0.6) is 0 Å². The molecule has 112 valence electrons. The fourth-order valence-corrected chi connectivity index (χ4v) is 2.36. The van der Waals surface area contributed by atoms with Crippen molar-refractivity contribution in [2.45, 2.75) is 6.42 Å². The number of aromatic nitrogens is 4. The highest BCUT2D eigenvalue weighted by atomic mass is 79.9. The Morgan fingerprint density at radius 3 is 2.91 bits per heavy atom. The van der Waals surface area contributed by atoms with Gasteiger partial charge in [-0.2, -0.15) is 5.10 Å². The summed E-state index contributed by atoms with van der Waals surface area (Å²) in [6, 6.07) is 6.49. The van der Waals surface area contributed by atoms with Crippen LogP contribution in [-0.2, 0) is 6.42 Å². The molecule has 0 radical (unpaired) electrons. The molecule has 3 heterocycles. The van der Waals surface area contributed by atoms with Gasteiger partial charge < -0.3 is 9.72 Å². The third kappa shape index (κ3) is 3.22. The molecule has 22 heavy (non-hydrogen) atoms. The molecule has 3 rings (SSSR count). The lowest BCUT2D eigenvalue weighted by Crippen LogP contribution is -2.27. The number of imidazole rings is 1. The first-order chi connectivity index (χ1) is 10.6. The lowest BCUT2D eigenvalue weighted by atomic mass is 10.3. The second-order valence-electron chi connectivity index (χ2n) is 4.66. The van der Waals surface area contributed by atoms with Crippen LogP contribution in [0, 0.1) is 0 Å². The first-order valence-electron chi connectivity index (χ1n) is 6.59. The molecule has 0 aromatic carbocycles. The van der Waals surface area contributed by atoms with E-state index in [9.17, 15) is 9.59 Å². The molecule has 1 amide bonds. The van der Waals surface area contributed by atoms with Crippen molar-refractivity contribution in [2.75, 3.05) is 6.54 Å². The van der Waals surface area contributed by atoms with Gasteiger partial charge in [0.2, 0.25) is 0 Å². The Balaban J connectivity index is 1.60. The summed E-state index contributed by atoms with van der Waals surface area (Å²) in [5, 5.41) is 8.64. The SMILES string of the molecule is O=C(NCCc1cn2cc(Br)ccc2n1)c1ccc(=O)[nH]n1. The monoisotopic (exact) mass is 361 g/mol. The van der Waals surface area contributed by atoms with Gasteiger partial charge in [0.05, 0.1) is 5.69 Å². The van der Waals surface area contributed by atoms with Crippen molar-refractivity contribution < 1.29 is 4.79 Å². The van der Waals surface area contributed by atoms with E-state index in [0.717, 1.165) is 15.8 Å². The van der Waals surface area contributed by atoms with Crippen LogP contribution in [0.25, 0.3) is 5.65 Å². The fourth-order valence-electron chi connectivity index (χ4n) is 2.00. The Morgan fingerprint density at radius 2 is 2.14 bits per heavy atom. The molecular weight excluding hydrogens is 350 g/mol. The maximum atomic E-state index is 11.8. The number of carbonyl (C=O) groups excluding carboxylic acids is 1. The van der Waals surface area contributed by atoms with Gasteiger partial charge in [-0.05, 0) is 34.1 Å². The molecule has 0 unspecified atom stereocenters. The summed E-state index contributed by atoms with van der Waals surface area (Å²) in [7, 11) is 0. The van der Waals surface area contributed by atoms with E-state index in [2.05, 4.69) is 36.4 Å². The van der Waals surface area contributed by atoms with Gasteiger partial charge in [0.15, 0.2) is 0 Å². The number of rotatable bonds is 4. The van der Waals surface area contributed by atoms with Crippen molar-refractivity contribution in [3.05, 3.63) is 62.9 Å². The molecule has 0 fully saturated rings. The average molecular weight is 362 g/mol. The number of nitrogens with one attached hydrogen (secondary N) is 2. The lowest BCUT2D eigenvalue weighted by molar-refractivity contribution is 0.0948. The zero-order valence-electron chi connectivity index (χ0n) is 11.4. The van der Waals surface area contributed by atoms with E-state index in [1.165, 1.54) is 12.1 Å². The summed E-state index contributed by atoms with van der Waals surface area (Å²) in [6.45, 7) is 0.435. The van der Waals surface area contributed by atoms with E-state index in [-0.39, 0.29) is 17.2 Å². The second kappa shape index (κ2) is 6.10. The molecule has 0 aliphatic heterocycles. The van der Waals surface area contributed by atoms with Crippen molar-refractivity contribution in [3.63, 3.8) is 0 Å². The summed E-state index contributed by atoms with van der Waals surface area (Å²) in [5.41, 5.74) is 1.57. The van der Waals surface area contributed by atoms with Gasteiger partial charge in [-0.3, -0.25) is 9.59 Å². The Labute approximate surface area is 133 Å². The van der Waals surface area contributed by atoms with Crippen LogP contribution in [0.4, 0.5) is 0 Å². The minimum Gasteiger partial charge on any atom is -0.350 e. The Morgan fingerprint density at radius 1 is 1.27 bits per heavy atom. The summed E-state index contributed by atoms with van der Waals surface area (Å²) in [5.74, 6) is -0.331. The Bertz CT molecular complexity index is 866. The number of nitrogens with zero attached hydrogens (tertiary/aromatic N) is 3. The second-order valence-corrected chi connectivity index (χ2v) is 5.57. The van der Waals surface area contributed by atoms with Gasteiger partial charge in [0, 0.05) is 35.9 Å². The molecule has 3 aromatic rings. The first-order valence-corrected chi connectivity index (χ1v) is 7.38. The van der Waals surface area contributed by atoms with E-state index in [0.29, 0.717) is 13.0 Å². The normalized spacial score (nSPS) is 10.8. The molecule has 0 saturated carbocycles. The van der Waals surface area contributed by atoms with E-state index >= 15 is 0 Å². The number of H-pyrrole nitrogens is 1. The number of aromatic amines is 1. The molecule has 0 spiro atoms. The number of hydrogen-bond donors (Lipinski definition) is 2. The van der Waals surface area contributed by atoms with Crippen molar-refractivity contribution in [1.82, 2.24) is 24.9 Å². The number of halogens is 1. The van der Waals surface area contributed by atoms with Crippen LogP contribution in [-0.4, -0.2) is 32.0 Å². The largest absolute Gasteiger partial charge is 0.350 e.